The minimum absolute atomic E-state index is 0.0785. The van der Waals surface area contributed by atoms with E-state index in [0.29, 0.717) is 26.2 Å². The molecule has 1 aromatic heterocycles. The summed E-state index contributed by atoms with van der Waals surface area (Å²) < 4.78 is 6.07. The number of hydrogen-bond acceptors (Lipinski definition) is 5. The number of piperazine rings is 1. The number of nitrogens with zero attached hydrogens (tertiary/aromatic N) is 4. The second kappa shape index (κ2) is 5.63. The molecule has 98 valence electrons. The van der Waals surface area contributed by atoms with E-state index in [0.717, 1.165) is 0 Å². The van der Waals surface area contributed by atoms with Crippen molar-refractivity contribution in [2.45, 2.75) is 0 Å². The van der Waals surface area contributed by atoms with Crippen molar-refractivity contribution in [3.8, 4) is 0 Å². The first kappa shape index (κ1) is 12.6. The number of carbonyl (C=O) groups is 2. The average Bonchev–Trinajstić information content (AvgIpc) is 2.92. The largest absolute Gasteiger partial charge is 0.468 e. The van der Waals surface area contributed by atoms with Crippen LogP contribution >= 0.6 is 0 Å². The number of carbonyl (C=O) groups excluding carboxylic acids is 2. The number of imidazole rings is 1. The molecule has 1 amide bonds. The SMILES string of the molecule is COC(=O)CN1CCN(C(=O)n2ccnc2)CC1. The molecule has 1 saturated heterocycles. The molecule has 0 aromatic carbocycles. The molecule has 1 aliphatic heterocycles. The van der Waals surface area contributed by atoms with Gasteiger partial charge in [0.2, 0.25) is 0 Å². The molecule has 0 aliphatic carbocycles. The third-order valence-corrected chi connectivity index (χ3v) is 2.95. The maximum atomic E-state index is 12.0. The molecular weight excluding hydrogens is 236 g/mol. The molecule has 1 fully saturated rings. The molecule has 2 heterocycles. The molecular formula is C11H16N4O3. The standard InChI is InChI=1S/C11H16N4O3/c1-18-10(16)8-13-4-6-14(7-5-13)11(17)15-3-2-12-9-15/h2-3,9H,4-8H2,1H3. The van der Waals surface area contributed by atoms with E-state index in [4.69, 9.17) is 0 Å². The van der Waals surface area contributed by atoms with E-state index in [2.05, 4.69) is 9.72 Å². The zero-order valence-electron chi connectivity index (χ0n) is 10.3. The number of amides is 1. The summed E-state index contributed by atoms with van der Waals surface area (Å²) in [5.74, 6) is -0.246. The molecule has 18 heavy (non-hydrogen) atoms. The van der Waals surface area contributed by atoms with Crippen molar-refractivity contribution >= 4 is 12.0 Å². The summed E-state index contributed by atoms with van der Waals surface area (Å²) in [5, 5.41) is 0. The topological polar surface area (TPSA) is 67.7 Å². The fraction of sp³-hybridized carbons (Fsp3) is 0.545. The second-order valence-electron chi connectivity index (χ2n) is 4.09. The third-order valence-electron chi connectivity index (χ3n) is 2.95. The summed E-state index contributed by atoms with van der Waals surface area (Å²) in [6, 6.07) is -0.0785. The van der Waals surface area contributed by atoms with Crippen LogP contribution in [0.5, 0.6) is 0 Å². The maximum Gasteiger partial charge on any atom is 0.329 e. The van der Waals surface area contributed by atoms with E-state index >= 15 is 0 Å². The monoisotopic (exact) mass is 252 g/mol. The van der Waals surface area contributed by atoms with Gasteiger partial charge in [-0.2, -0.15) is 0 Å². The Hall–Kier alpha value is -1.89. The van der Waals surface area contributed by atoms with Gasteiger partial charge in [0.15, 0.2) is 0 Å². The van der Waals surface area contributed by atoms with Gasteiger partial charge >= 0.3 is 12.0 Å². The van der Waals surface area contributed by atoms with Crippen LogP contribution in [0.15, 0.2) is 18.7 Å². The molecule has 7 nitrogen and oxygen atoms in total. The van der Waals surface area contributed by atoms with Gasteiger partial charge in [-0.3, -0.25) is 14.3 Å². The van der Waals surface area contributed by atoms with Gasteiger partial charge < -0.3 is 9.64 Å². The smallest absolute Gasteiger partial charge is 0.329 e. The number of methoxy groups -OCH3 is 1. The molecule has 0 saturated carbocycles. The summed E-state index contributed by atoms with van der Waals surface area (Å²) in [6.45, 7) is 2.84. The fourth-order valence-corrected chi connectivity index (χ4v) is 1.88. The Kier molecular flexibility index (Phi) is 3.93. The summed E-state index contributed by atoms with van der Waals surface area (Å²) >= 11 is 0. The van der Waals surface area contributed by atoms with E-state index < -0.39 is 0 Å². The Balaban J connectivity index is 1.83. The Morgan fingerprint density at radius 3 is 2.56 bits per heavy atom. The average molecular weight is 252 g/mol. The lowest BCUT2D eigenvalue weighted by atomic mass is 10.3. The molecule has 1 aromatic rings. The van der Waals surface area contributed by atoms with Crippen LogP contribution in [-0.2, 0) is 9.53 Å². The van der Waals surface area contributed by atoms with E-state index in [1.807, 2.05) is 4.90 Å². The van der Waals surface area contributed by atoms with Crippen LogP contribution in [0, 0.1) is 0 Å². The highest BCUT2D eigenvalue weighted by atomic mass is 16.5. The van der Waals surface area contributed by atoms with Gasteiger partial charge in [-0.1, -0.05) is 0 Å². The molecule has 0 radical (unpaired) electrons. The van der Waals surface area contributed by atoms with Crippen molar-refractivity contribution in [1.29, 1.82) is 0 Å². The minimum atomic E-state index is -0.246. The zero-order valence-corrected chi connectivity index (χ0v) is 10.3. The lowest BCUT2D eigenvalue weighted by molar-refractivity contribution is -0.142. The van der Waals surface area contributed by atoms with Crippen molar-refractivity contribution in [2.24, 2.45) is 0 Å². The van der Waals surface area contributed by atoms with Gasteiger partial charge in [-0.25, -0.2) is 9.78 Å². The summed E-state index contributed by atoms with van der Waals surface area (Å²) in [4.78, 5) is 30.7. The van der Waals surface area contributed by atoms with Gasteiger partial charge in [-0.15, -0.1) is 0 Å². The van der Waals surface area contributed by atoms with Crippen molar-refractivity contribution in [3.05, 3.63) is 18.7 Å². The predicted molar refractivity (Wildman–Crippen MR) is 63.1 cm³/mol. The molecule has 0 bridgehead atoms. The van der Waals surface area contributed by atoms with Crippen LogP contribution in [0.1, 0.15) is 0 Å². The van der Waals surface area contributed by atoms with Crippen LogP contribution in [0.3, 0.4) is 0 Å². The van der Waals surface area contributed by atoms with Crippen LogP contribution in [0.25, 0.3) is 0 Å². The third kappa shape index (κ3) is 2.86. The van der Waals surface area contributed by atoms with Gasteiger partial charge in [0.25, 0.3) is 0 Å². The molecule has 1 aliphatic rings. The first-order valence-corrected chi connectivity index (χ1v) is 5.77. The van der Waals surface area contributed by atoms with Crippen molar-refractivity contribution < 1.29 is 14.3 Å². The molecule has 0 spiro atoms. The lowest BCUT2D eigenvalue weighted by Gasteiger charge is -2.33. The van der Waals surface area contributed by atoms with E-state index in [9.17, 15) is 9.59 Å². The quantitative estimate of drug-likeness (QED) is 0.672. The Morgan fingerprint density at radius 2 is 2.00 bits per heavy atom. The molecule has 0 N–H and O–H groups in total. The number of ether oxygens (including phenoxy) is 1. The van der Waals surface area contributed by atoms with Crippen LogP contribution in [-0.4, -0.2) is 71.2 Å². The Morgan fingerprint density at radius 1 is 1.28 bits per heavy atom. The van der Waals surface area contributed by atoms with E-state index in [1.54, 1.807) is 17.3 Å². The highest BCUT2D eigenvalue weighted by Crippen LogP contribution is 2.04. The van der Waals surface area contributed by atoms with Gasteiger partial charge in [0, 0.05) is 38.6 Å². The van der Waals surface area contributed by atoms with Gasteiger partial charge in [-0.05, 0) is 0 Å². The van der Waals surface area contributed by atoms with E-state index in [1.165, 1.54) is 18.0 Å². The predicted octanol–water partition coefficient (Wildman–Crippen LogP) is -0.358. The molecule has 7 heteroatoms. The second-order valence-corrected chi connectivity index (χ2v) is 4.09. The van der Waals surface area contributed by atoms with Crippen molar-refractivity contribution in [1.82, 2.24) is 19.4 Å². The number of hydrogen-bond donors (Lipinski definition) is 0. The highest BCUT2D eigenvalue weighted by Gasteiger charge is 2.23. The molecule has 0 atom stereocenters. The fourth-order valence-electron chi connectivity index (χ4n) is 1.88. The van der Waals surface area contributed by atoms with Crippen molar-refractivity contribution in [3.63, 3.8) is 0 Å². The number of rotatable bonds is 2. The maximum absolute atomic E-state index is 12.0. The first-order valence-electron chi connectivity index (χ1n) is 5.77. The highest BCUT2D eigenvalue weighted by molar-refractivity contribution is 5.76. The lowest BCUT2D eigenvalue weighted by Crippen LogP contribution is -2.50. The Bertz CT molecular complexity index is 410. The summed E-state index contributed by atoms with van der Waals surface area (Å²) in [6.07, 6.45) is 4.69. The van der Waals surface area contributed by atoms with Crippen LogP contribution in [0.2, 0.25) is 0 Å². The Labute approximate surface area is 105 Å². The molecule has 2 rings (SSSR count). The van der Waals surface area contributed by atoms with E-state index in [-0.39, 0.29) is 18.5 Å². The van der Waals surface area contributed by atoms with Gasteiger partial charge in [0.1, 0.15) is 6.33 Å². The minimum Gasteiger partial charge on any atom is -0.468 e. The summed E-state index contributed by atoms with van der Waals surface area (Å²) in [7, 11) is 1.38. The van der Waals surface area contributed by atoms with Crippen LogP contribution < -0.4 is 0 Å². The zero-order chi connectivity index (χ0) is 13.0. The number of esters is 1. The number of aromatic nitrogens is 2. The van der Waals surface area contributed by atoms with Crippen LogP contribution in [0.4, 0.5) is 4.79 Å². The van der Waals surface area contributed by atoms with Crippen molar-refractivity contribution in [2.75, 3.05) is 39.8 Å². The summed E-state index contributed by atoms with van der Waals surface area (Å²) in [5.41, 5.74) is 0. The van der Waals surface area contributed by atoms with Gasteiger partial charge in [0.05, 0.1) is 13.7 Å². The normalized spacial score (nSPS) is 16.6. The first-order chi connectivity index (χ1) is 8.70. The molecule has 0 unspecified atom stereocenters.